The summed E-state index contributed by atoms with van der Waals surface area (Å²) in [7, 11) is -2.27. The van der Waals surface area contributed by atoms with Gasteiger partial charge in [0.2, 0.25) is 6.16 Å². The molecule has 1 heterocycles. The number of rotatable bonds is 8. The van der Waals surface area contributed by atoms with Gasteiger partial charge in [-0.05, 0) is 52.1 Å². The lowest BCUT2D eigenvalue weighted by molar-refractivity contribution is -0.138. The minimum atomic E-state index is -2.27. The fourth-order valence-electron chi connectivity index (χ4n) is 4.54. The molecule has 2 N–H and O–H groups in total. The number of aliphatic hydroxyl groups is 1. The van der Waals surface area contributed by atoms with Crippen molar-refractivity contribution in [2.75, 3.05) is 12.8 Å². The van der Waals surface area contributed by atoms with Crippen molar-refractivity contribution < 1.29 is 28.5 Å². The summed E-state index contributed by atoms with van der Waals surface area (Å²) >= 11 is 0. The SMILES string of the molecule is CC(C)c1nc2c(c(-c3ccc(F)cc3)c1C#CCO[P+](=O)CC(O)CC(=O)O)CCc1ccccc1-2. The number of hydrogen-bond acceptors (Lipinski definition) is 5. The van der Waals surface area contributed by atoms with E-state index in [0.29, 0.717) is 0 Å². The first kappa shape index (κ1) is 26.6. The highest BCUT2D eigenvalue weighted by molar-refractivity contribution is 7.39. The molecule has 8 heteroatoms. The standard InChI is InChI=1S/C29H27FNO5P/c1-18(2)28-24(8-5-15-36-37(35)17-22(32)16-26(33)34)27(20-9-12-21(30)13-10-20)25-14-11-19-6-3-4-7-23(19)29(25)31-28/h3-4,6-7,9-10,12-13,18,22,32H,11,14-17H2,1-2H3/p+1. The summed E-state index contributed by atoms with van der Waals surface area (Å²) in [6.07, 6.45) is -0.405. The maximum Gasteiger partial charge on any atom is 0.511 e. The lowest BCUT2D eigenvalue weighted by Crippen LogP contribution is -2.15. The number of aryl methyl sites for hydroxylation is 1. The third-order valence-corrected chi connectivity index (χ3v) is 7.32. The summed E-state index contributed by atoms with van der Waals surface area (Å²) in [6, 6.07) is 14.6. The normalized spacial score (nSPS) is 13.3. The van der Waals surface area contributed by atoms with Gasteiger partial charge in [-0.25, -0.2) is 4.39 Å². The van der Waals surface area contributed by atoms with Crippen LogP contribution in [0, 0.1) is 17.7 Å². The summed E-state index contributed by atoms with van der Waals surface area (Å²) in [5, 5.41) is 18.4. The molecule has 0 radical (unpaired) electrons. The monoisotopic (exact) mass is 520 g/mol. The molecule has 2 aromatic carbocycles. The minimum Gasteiger partial charge on any atom is -0.481 e. The Labute approximate surface area is 216 Å². The predicted octanol–water partition coefficient (Wildman–Crippen LogP) is 5.72. The molecule has 0 saturated carbocycles. The van der Waals surface area contributed by atoms with E-state index >= 15 is 0 Å². The van der Waals surface area contributed by atoms with Crippen LogP contribution in [0.3, 0.4) is 0 Å². The quantitative estimate of drug-likeness (QED) is 0.291. The Morgan fingerprint density at radius 3 is 2.59 bits per heavy atom. The molecule has 2 atom stereocenters. The van der Waals surface area contributed by atoms with E-state index in [1.807, 2.05) is 26.0 Å². The number of carboxylic acid groups (broad SMARTS) is 1. The smallest absolute Gasteiger partial charge is 0.481 e. The first-order valence-electron chi connectivity index (χ1n) is 12.1. The van der Waals surface area contributed by atoms with Gasteiger partial charge in [0.15, 0.2) is 6.61 Å². The minimum absolute atomic E-state index is 0.0478. The molecule has 190 valence electrons. The van der Waals surface area contributed by atoms with Crippen LogP contribution in [0.25, 0.3) is 22.4 Å². The number of benzene rings is 2. The van der Waals surface area contributed by atoms with Crippen LogP contribution < -0.4 is 0 Å². The molecule has 0 amide bonds. The third kappa shape index (κ3) is 6.29. The van der Waals surface area contributed by atoms with E-state index in [2.05, 4.69) is 24.0 Å². The topological polar surface area (TPSA) is 96.7 Å². The number of nitrogens with zero attached hydrogens (tertiary/aromatic N) is 1. The maximum absolute atomic E-state index is 13.8. The molecule has 0 aliphatic heterocycles. The molecule has 37 heavy (non-hydrogen) atoms. The average molecular weight is 521 g/mol. The van der Waals surface area contributed by atoms with Gasteiger partial charge in [-0.2, -0.15) is 0 Å². The number of carboxylic acids is 1. The molecule has 3 aromatic rings. The Morgan fingerprint density at radius 2 is 1.89 bits per heavy atom. The number of aliphatic hydroxyl groups excluding tert-OH is 1. The van der Waals surface area contributed by atoms with Gasteiger partial charge in [0.25, 0.3) is 0 Å². The van der Waals surface area contributed by atoms with Gasteiger partial charge in [0.05, 0.1) is 23.4 Å². The van der Waals surface area contributed by atoms with Gasteiger partial charge < -0.3 is 10.2 Å². The van der Waals surface area contributed by atoms with Gasteiger partial charge in [0, 0.05) is 11.1 Å². The van der Waals surface area contributed by atoms with Crippen molar-refractivity contribution in [1.29, 1.82) is 0 Å². The van der Waals surface area contributed by atoms with Gasteiger partial charge >= 0.3 is 14.0 Å². The van der Waals surface area contributed by atoms with E-state index in [0.717, 1.165) is 52.0 Å². The van der Waals surface area contributed by atoms with E-state index in [4.69, 9.17) is 14.6 Å². The van der Waals surface area contributed by atoms with Crippen molar-refractivity contribution in [2.45, 2.75) is 45.1 Å². The fourth-order valence-corrected chi connectivity index (χ4v) is 5.32. The van der Waals surface area contributed by atoms with Crippen LogP contribution in [-0.2, 0) is 26.7 Å². The third-order valence-electron chi connectivity index (χ3n) is 6.19. The zero-order valence-electron chi connectivity index (χ0n) is 20.7. The summed E-state index contributed by atoms with van der Waals surface area (Å²) in [4.78, 5) is 15.8. The Hall–Kier alpha value is -3.43. The summed E-state index contributed by atoms with van der Waals surface area (Å²) in [5.74, 6) is 4.65. The largest absolute Gasteiger partial charge is 0.511 e. The maximum atomic E-state index is 13.8. The molecule has 2 unspecified atom stereocenters. The Bertz CT molecular complexity index is 1390. The Balaban J connectivity index is 1.74. The second-order valence-electron chi connectivity index (χ2n) is 9.24. The van der Waals surface area contributed by atoms with Crippen LogP contribution in [-0.4, -0.2) is 40.0 Å². The fraction of sp³-hybridized carbons (Fsp3) is 0.310. The molecule has 1 aromatic heterocycles. The van der Waals surface area contributed by atoms with Crippen LogP contribution in [0.2, 0.25) is 0 Å². The molecular formula is C29H28FNO5P+. The lowest BCUT2D eigenvalue weighted by atomic mass is 9.81. The van der Waals surface area contributed by atoms with Gasteiger partial charge in [-0.3, -0.25) is 9.78 Å². The number of halogens is 1. The number of pyridine rings is 1. The van der Waals surface area contributed by atoms with E-state index in [-0.39, 0.29) is 24.5 Å². The molecule has 0 bridgehead atoms. The Kier molecular flexibility index (Phi) is 8.45. The molecular weight excluding hydrogens is 492 g/mol. The second kappa shape index (κ2) is 11.7. The number of hydrogen-bond donors (Lipinski definition) is 2. The van der Waals surface area contributed by atoms with E-state index < -0.39 is 26.5 Å². The summed E-state index contributed by atoms with van der Waals surface area (Å²) < 4.78 is 31.2. The number of aromatic nitrogens is 1. The lowest BCUT2D eigenvalue weighted by Gasteiger charge is -2.25. The van der Waals surface area contributed by atoms with Crippen molar-refractivity contribution in [3.05, 3.63) is 76.7 Å². The zero-order chi connectivity index (χ0) is 26.5. The predicted molar refractivity (Wildman–Crippen MR) is 140 cm³/mol. The van der Waals surface area contributed by atoms with Gasteiger partial charge in [-0.1, -0.05) is 62.1 Å². The highest BCUT2D eigenvalue weighted by atomic mass is 31.1. The summed E-state index contributed by atoms with van der Waals surface area (Å²) in [5.41, 5.74) is 7.60. The molecule has 0 spiro atoms. The number of carbonyl (C=O) groups is 1. The van der Waals surface area contributed by atoms with Crippen LogP contribution in [0.5, 0.6) is 0 Å². The molecule has 0 fully saturated rings. The van der Waals surface area contributed by atoms with Crippen LogP contribution >= 0.6 is 8.03 Å². The molecule has 4 rings (SSSR count). The van der Waals surface area contributed by atoms with E-state index in [1.165, 1.54) is 17.7 Å². The molecule has 1 aliphatic rings. The summed E-state index contributed by atoms with van der Waals surface area (Å²) in [6.45, 7) is 3.93. The van der Waals surface area contributed by atoms with E-state index in [1.54, 1.807) is 12.1 Å². The van der Waals surface area contributed by atoms with E-state index in [9.17, 15) is 18.9 Å². The Morgan fingerprint density at radius 1 is 1.16 bits per heavy atom. The van der Waals surface area contributed by atoms with Crippen molar-refractivity contribution in [2.24, 2.45) is 0 Å². The van der Waals surface area contributed by atoms with Crippen molar-refractivity contribution in [3.8, 4) is 34.2 Å². The van der Waals surface area contributed by atoms with Crippen molar-refractivity contribution in [1.82, 2.24) is 4.98 Å². The van der Waals surface area contributed by atoms with Crippen LogP contribution in [0.15, 0.2) is 48.5 Å². The second-order valence-corrected chi connectivity index (χ2v) is 10.5. The van der Waals surface area contributed by atoms with Crippen molar-refractivity contribution in [3.63, 3.8) is 0 Å². The van der Waals surface area contributed by atoms with Crippen LogP contribution in [0.4, 0.5) is 4.39 Å². The van der Waals surface area contributed by atoms with Crippen LogP contribution in [0.1, 0.15) is 48.6 Å². The van der Waals surface area contributed by atoms with Gasteiger partial charge in [0.1, 0.15) is 11.9 Å². The molecule has 6 nitrogen and oxygen atoms in total. The number of aliphatic carboxylic acids is 1. The number of fused-ring (bicyclic) bond motifs is 3. The average Bonchev–Trinajstić information content (AvgIpc) is 2.85. The first-order chi connectivity index (χ1) is 17.7. The van der Waals surface area contributed by atoms with Gasteiger partial charge in [-0.15, -0.1) is 4.52 Å². The highest BCUT2D eigenvalue weighted by Gasteiger charge is 2.27. The molecule has 1 aliphatic carbocycles. The highest BCUT2D eigenvalue weighted by Crippen LogP contribution is 2.41. The van der Waals surface area contributed by atoms with Crippen molar-refractivity contribution >= 4 is 14.0 Å². The zero-order valence-corrected chi connectivity index (χ0v) is 21.6. The first-order valence-corrected chi connectivity index (χ1v) is 13.5. The molecule has 0 saturated heterocycles.